The molecule has 6 heteroatoms. The van der Waals surface area contributed by atoms with Gasteiger partial charge in [0.05, 0.1) is 11.1 Å². The highest BCUT2D eigenvalue weighted by Gasteiger charge is 2.15. The predicted molar refractivity (Wildman–Crippen MR) is 121 cm³/mol. The molecule has 2 N–H and O–H groups in total. The van der Waals surface area contributed by atoms with Gasteiger partial charge >= 0.3 is 5.97 Å². The molecule has 4 rings (SSSR count). The van der Waals surface area contributed by atoms with E-state index in [0.29, 0.717) is 11.0 Å². The average molecular weight is 418 g/mol. The van der Waals surface area contributed by atoms with Crippen molar-refractivity contribution in [2.75, 3.05) is 5.32 Å². The molecule has 4 aromatic rings. The number of hydrogen-bond acceptors (Lipinski definition) is 4. The maximum Gasteiger partial charge on any atom is 0.335 e. The molecule has 150 valence electrons. The van der Waals surface area contributed by atoms with Crippen LogP contribution >= 0.6 is 11.6 Å². The van der Waals surface area contributed by atoms with Gasteiger partial charge in [0.1, 0.15) is 0 Å². The van der Waals surface area contributed by atoms with E-state index in [1.807, 2.05) is 56.3 Å². The van der Waals surface area contributed by atoms with Gasteiger partial charge in [0.2, 0.25) is 5.95 Å². The van der Waals surface area contributed by atoms with Gasteiger partial charge in [-0.1, -0.05) is 41.9 Å². The molecule has 30 heavy (non-hydrogen) atoms. The Morgan fingerprint density at radius 3 is 2.53 bits per heavy atom. The van der Waals surface area contributed by atoms with Gasteiger partial charge in [-0.2, -0.15) is 0 Å². The highest BCUT2D eigenvalue weighted by atomic mass is 35.5. The van der Waals surface area contributed by atoms with Crippen molar-refractivity contribution in [3.63, 3.8) is 0 Å². The first kappa shape index (κ1) is 19.9. The van der Waals surface area contributed by atoms with E-state index < -0.39 is 5.97 Å². The van der Waals surface area contributed by atoms with Gasteiger partial charge in [0.15, 0.2) is 0 Å². The lowest BCUT2D eigenvalue weighted by atomic mass is 9.92. The van der Waals surface area contributed by atoms with E-state index in [9.17, 15) is 9.90 Å². The highest BCUT2D eigenvalue weighted by Crippen LogP contribution is 2.38. The van der Waals surface area contributed by atoms with Gasteiger partial charge in [-0.05, 0) is 60.9 Å². The minimum Gasteiger partial charge on any atom is -0.478 e. The fraction of sp³-hybridized carbons (Fsp3) is 0.125. The first-order valence-corrected chi connectivity index (χ1v) is 9.96. The number of nitrogens with one attached hydrogen (secondary N) is 1. The first-order valence-electron chi connectivity index (χ1n) is 9.58. The number of nitrogens with zero attached hydrogens (tertiary/aromatic N) is 2. The number of carbonyl (C=O) groups is 1. The van der Waals surface area contributed by atoms with Crippen LogP contribution in [-0.2, 0) is 0 Å². The summed E-state index contributed by atoms with van der Waals surface area (Å²) in [6.07, 6.45) is 1.78. The van der Waals surface area contributed by atoms with Crippen LogP contribution in [0.25, 0.3) is 33.2 Å². The topological polar surface area (TPSA) is 75.1 Å². The molecule has 0 saturated heterocycles. The standard InChI is InChI=1S/C24H20ClN3O2/c1-14(2)27-24-26-13-17-11-20(18-8-3-4-9-21(18)25)19(12-22(17)28-24)15-6-5-7-16(10-15)23(29)30/h3-14H,1-2H3,(H,29,30)(H,26,27,28). The van der Waals surface area contributed by atoms with Gasteiger partial charge in [-0.3, -0.25) is 0 Å². The van der Waals surface area contributed by atoms with Crippen LogP contribution in [0.1, 0.15) is 24.2 Å². The summed E-state index contributed by atoms with van der Waals surface area (Å²) >= 11 is 6.50. The van der Waals surface area contributed by atoms with E-state index in [0.717, 1.165) is 33.2 Å². The van der Waals surface area contributed by atoms with Gasteiger partial charge in [-0.25, -0.2) is 14.8 Å². The largest absolute Gasteiger partial charge is 0.478 e. The molecule has 0 aliphatic heterocycles. The van der Waals surface area contributed by atoms with E-state index in [1.165, 1.54) is 0 Å². The van der Waals surface area contributed by atoms with Crippen molar-refractivity contribution in [1.82, 2.24) is 9.97 Å². The number of rotatable bonds is 5. The lowest BCUT2D eigenvalue weighted by molar-refractivity contribution is 0.0697. The number of aromatic nitrogens is 2. The van der Waals surface area contributed by atoms with Crippen LogP contribution in [0, 0.1) is 0 Å². The summed E-state index contributed by atoms with van der Waals surface area (Å²) in [7, 11) is 0. The van der Waals surface area contributed by atoms with Crippen molar-refractivity contribution in [2.24, 2.45) is 0 Å². The molecule has 5 nitrogen and oxygen atoms in total. The SMILES string of the molecule is CC(C)Nc1ncc2cc(-c3ccccc3Cl)c(-c3cccc(C(=O)O)c3)cc2n1. The molecular weight excluding hydrogens is 398 g/mol. The maximum absolute atomic E-state index is 11.5. The Hall–Kier alpha value is -3.44. The number of aromatic carboxylic acids is 1. The molecule has 0 radical (unpaired) electrons. The summed E-state index contributed by atoms with van der Waals surface area (Å²) in [5.41, 5.74) is 4.38. The van der Waals surface area contributed by atoms with Gasteiger partial charge in [0.25, 0.3) is 0 Å². The molecule has 0 aliphatic carbocycles. The molecular formula is C24H20ClN3O2. The molecule has 0 bridgehead atoms. The zero-order valence-electron chi connectivity index (χ0n) is 16.6. The second-order valence-electron chi connectivity index (χ2n) is 7.32. The van der Waals surface area contributed by atoms with Crippen LogP contribution in [-0.4, -0.2) is 27.1 Å². The van der Waals surface area contributed by atoms with Crippen molar-refractivity contribution in [2.45, 2.75) is 19.9 Å². The number of hydrogen-bond donors (Lipinski definition) is 2. The second kappa shape index (κ2) is 8.13. The smallest absolute Gasteiger partial charge is 0.335 e. The third kappa shape index (κ3) is 3.98. The van der Waals surface area contributed by atoms with Crippen molar-refractivity contribution in [3.8, 4) is 22.3 Å². The number of carboxylic acids is 1. The lowest BCUT2D eigenvalue weighted by Gasteiger charge is -2.15. The summed E-state index contributed by atoms with van der Waals surface area (Å²) in [5, 5.41) is 14.1. The number of anilines is 1. The summed E-state index contributed by atoms with van der Waals surface area (Å²) in [6.45, 7) is 4.05. The molecule has 0 unspecified atom stereocenters. The van der Waals surface area contributed by atoms with Crippen LogP contribution in [0.15, 0.2) is 66.9 Å². The molecule has 0 saturated carbocycles. The summed E-state index contributed by atoms with van der Waals surface area (Å²) < 4.78 is 0. The Bertz CT molecular complexity index is 1250. The van der Waals surface area contributed by atoms with E-state index in [1.54, 1.807) is 24.4 Å². The average Bonchev–Trinajstić information content (AvgIpc) is 2.73. The molecule has 0 atom stereocenters. The number of benzene rings is 3. The third-order valence-electron chi connectivity index (χ3n) is 4.72. The monoisotopic (exact) mass is 417 g/mol. The Kier molecular flexibility index (Phi) is 5.38. The molecule has 0 aliphatic rings. The fourth-order valence-electron chi connectivity index (χ4n) is 3.37. The van der Waals surface area contributed by atoms with Gasteiger partial charge < -0.3 is 10.4 Å². The Morgan fingerprint density at radius 2 is 1.80 bits per heavy atom. The molecule has 0 spiro atoms. The van der Waals surface area contributed by atoms with Gasteiger partial charge in [0, 0.05) is 28.2 Å². The summed E-state index contributed by atoms with van der Waals surface area (Å²) in [4.78, 5) is 20.6. The predicted octanol–water partition coefficient (Wildman–Crippen LogP) is 6.14. The zero-order chi connectivity index (χ0) is 21.3. The van der Waals surface area contributed by atoms with E-state index in [-0.39, 0.29) is 11.6 Å². The van der Waals surface area contributed by atoms with Crippen molar-refractivity contribution < 1.29 is 9.90 Å². The van der Waals surface area contributed by atoms with Crippen LogP contribution in [0.2, 0.25) is 5.02 Å². The van der Waals surface area contributed by atoms with E-state index in [2.05, 4.69) is 15.3 Å². The first-order chi connectivity index (χ1) is 14.4. The number of halogens is 1. The lowest BCUT2D eigenvalue weighted by Crippen LogP contribution is -2.12. The normalized spacial score (nSPS) is 11.1. The molecule has 1 aromatic heterocycles. The fourth-order valence-corrected chi connectivity index (χ4v) is 3.61. The number of fused-ring (bicyclic) bond motifs is 1. The van der Waals surface area contributed by atoms with E-state index in [4.69, 9.17) is 11.6 Å². The van der Waals surface area contributed by atoms with E-state index >= 15 is 0 Å². The second-order valence-corrected chi connectivity index (χ2v) is 7.72. The van der Waals surface area contributed by atoms with Gasteiger partial charge in [-0.15, -0.1) is 0 Å². The third-order valence-corrected chi connectivity index (χ3v) is 5.05. The van der Waals surface area contributed by atoms with Crippen molar-refractivity contribution in [3.05, 3.63) is 77.4 Å². The Morgan fingerprint density at radius 1 is 1.00 bits per heavy atom. The van der Waals surface area contributed by atoms with Crippen LogP contribution in [0.3, 0.4) is 0 Å². The van der Waals surface area contributed by atoms with Crippen LogP contribution in [0.5, 0.6) is 0 Å². The van der Waals surface area contributed by atoms with Crippen molar-refractivity contribution in [1.29, 1.82) is 0 Å². The summed E-state index contributed by atoms with van der Waals surface area (Å²) in [5.74, 6) is -0.420. The van der Waals surface area contributed by atoms with Crippen LogP contribution < -0.4 is 5.32 Å². The number of carboxylic acid groups (broad SMARTS) is 1. The summed E-state index contributed by atoms with van der Waals surface area (Å²) in [6, 6.07) is 18.6. The minimum absolute atomic E-state index is 0.205. The molecule has 0 amide bonds. The van der Waals surface area contributed by atoms with Crippen LogP contribution in [0.4, 0.5) is 5.95 Å². The zero-order valence-corrected chi connectivity index (χ0v) is 17.3. The van der Waals surface area contributed by atoms with Crippen molar-refractivity contribution >= 4 is 34.4 Å². The maximum atomic E-state index is 11.5. The molecule has 0 fully saturated rings. The highest BCUT2D eigenvalue weighted by molar-refractivity contribution is 6.33. The molecule has 3 aromatic carbocycles. The minimum atomic E-state index is -0.970. The Labute approximate surface area is 179 Å². The quantitative estimate of drug-likeness (QED) is 0.408. The Balaban J connectivity index is 1.98. The molecule has 1 heterocycles.